The molecule has 0 fully saturated rings. The van der Waals surface area contributed by atoms with Crippen LogP contribution in [0.3, 0.4) is 0 Å². The van der Waals surface area contributed by atoms with Gasteiger partial charge in [0.05, 0.1) is 0 Å². The van der Waals surface area contributed by atoms with Crippen LogP contribution in [0.25, 0.3) is 11.1 Å². The van der Waals surface area contributed by atoms with Gasteiger partial charge in [0.25, 0.3) is 0 Å². The van der Waals surface area contributed by atoms with Crippen molar-refractivity contribution in [2.24, 2.45) is 0 Å². The first-order valence-corrected chi connectivity index (χ1v) is 7.12. The first kappa shape index (κ1) is 10.8. The van der Waals surface area contributed by atoms with Crippen LogP contribution in [0.1, 0.15) is 0 Å². The number of hydrogen-bond donors (Lipinski definition) is 0. The molecule has 0 saturated carbocycles. The molecule has 0 N–H and O–H groups in total. The van der Waals surface area contributed by atoms with Crippen LogP contribution in [0, 0.1) is 3.82 Å². The number of anilines is 1. The molecule has 4 heteroatoms. The highest BCUT2D eigenvalue weighted by molar-refractivity contribution is 7.80. The van der Waals surface area contributed by atoms with Crippen molar-refractivity contribution in [3.05, 3.63) is 34.2 Å². The number of nitrogens with zero attached hydrogens (tertiary/aromatic N) is 1. The van der Waals surface area contributed by atoms with E-state index in [1.54, 1.807) is 20.7 Å². The third kappa shape index (κ3) is 2.12. The minimum absolute atomic E-state index is 0.981. The summed E-state index contributed by atoms with van der Waals surface area (Å²) in [7, 11) is 7.52. The van der Waals surface area contributed by atoms with E-state index in [1.807, 2.05) is 18.2 Å². The van der Waals surface area contributed by atoms with Gasteiger partial charge in [-0.15, -0.1) is 0 Å². The van der Waals surface area contributed by atoms with Gasteiger partial charge in [0, 0.05) is 19.7 Å². The molecular weight excluding hydrogens is 242 g/mol. The Labute approximate surface area is 102 Å². The van der Waals surface area contributed by atoms with Gasteiger partial charge in [0.2, 0.25) is 0 Å². The van der Waals surface area contributed by atoms with Crippen LogP contribution < -0.4 is 4.90 Å². The SMILES string of the molecule is CN(C)c1ssc(=S)c1-c1ccccc1. The predicted octanol–water partition coefficient (Wildman–Crippen LogP) is 4.27. The molecule has 0 atom stereocenters. The summed E-state index contributed by atoms with van der Waals surface area (Å²) in [5, 5.41) is 1.25. The van der Waals surface area contributed by atoms with Gasteiger partial charge in [0.15, 0.2) is 0 Å². The minimum atomic E-state index is 0.981. The van der Waals surface area contributed by atoms with Crippen LogP contribution in [0.15, 0.2) is 30.3 Å². The zero-order chi connectivity index (χ0) is 10.8. The molecule has 0 amide bonds. The highest BCUT2D eigenvalue weighted by Crippen LogP contribution is 2.39. The van der Waals surface area contributed by atoms with Crippen LogP contribution in [-0.2, 0) is 0 Å². The van der Waals surface area contributed by atoms with Gasteiger partial charge in [-0.25, -0.2) is 0 Å². The lowest BCUT2D eigenvalue weighted by molar-refractivity contribution is 1.16. The summed E-state index contributed by atoms with van der Waals surface area (Å²) in [4.78, 5) is 2.12. The lowest BCUT2D eigenvalue weighted by Crippen LogP contribution is -2.07. The summed E-state index contributed by atoms with van der Waals surface area (Å²) in [6.07, 6.45) is 0. The van der Waals surface area contributed by atoms with Crippen LogP contribution in [0.5, 0.6) is 0 Å². The second kappa shape index (κ2) is 4.43. The normalized spacial score (nSPS) is 10.3. The Kier molecular flexibility index (Phi) is 3.19. The molecule has 1 heterocycles. The third-order valence-electron chi connectivity index (χ3n) is 2.08. The fraction of sp³-hybridized carbons (Fsp3) is 0.182. The Morgan fingerprint density at radius 2 is 1.73 bits per heavy atom. The zero-order valence-corrected chi connectivity index (χ0v) is 11.0. The molecule has 1 aromatic heterocycles. The molecule has 0 aliphatic heterocycles. The second-order valence-electron chi connectivity index (χ2n) is 3.39. The van der Waals surface area contributed by atoms with Crippen LogP contribution in [0.2, 0.25) is 0 Å². The Morgan fingerprint density at radius 3 is 2.33 bits per heavy atom. The van der Waals surface area contributed by atoms with Gasteiger partial charge >= 0.3 is 0 Å². The summed E-state index contributed by atoms with van der Waals surface area (Å²) in [6.45, 7) is 0. The molecule has 1 aromatic carbocycles. The van der Waals surface area contributed by atoms with Gasteiger partial charge in [-0.1, -0.05) is 63.2 Å². The van der Waals surface area contributed by atoms with Gasteiger partial charge < -0.3 is 4.90 Å². The Balaban J connectivity index is 2.62. The van der Waals surface area contributed by atoms with E-state index >= 15 is 0 Å². The molecule has 78 valence electrons. The van der Waals surface area contributed by atoms with Crippen molar-refractivity contribution in [2.75, 3.05) is 19.0 Å². The Morgan fingerprint density at radius 1 is 1.07 bits per heavy atom. The molecule has 0 aliphatic carbocycles. The monoisotopic (exact) mass is 253 g/mol. The summed E-state index contributed by atoms with van der Waals surface area (Å²) >= 11 is 5.38. The maximum atomic E-state index is 5.38. The molecule has 0 bridgehead atoms. The fourth-order valence-electron chi connectivity index (χ4n) is 1.39. The first-order valence-electron chi connectivity index (χ1n) is 4.56. The van der Waals surface area contributed by atoms with Crippen molar-refractivity contribution in [3.8, 4) is 11.1 Å². The summed E-state index contributed by atoms with van der Waals surface area (Å²) in [5.41, 5.74) is 2.41. The molecule has 15 heavy (non-hydrogen) atoms. The second-order valence-corrected chi connectivity index (χ2v) is 6.19. The fourth-order valence-corrected chi connectivity index (χ4v) is 4.36. The highest BCUT2D eigenvalue weighted by atomic mass is 32.9. The Bertz CT molecular complexity index is 496. The van der Waals surface area contributed by atoms with Gasteiger partial charge in [-0.2, -0.15) is 0 Å². The van der Waals surface area contributed by atoms with Crippen molar-refractivity contribution in [1.82, 2.24) is 0 Å². The summed E-state index contributed by atoms with van der Waals surface area (Å²) < 4.78 is 0.981. The molecule has 1 nitrogen and oxygen atoms in total. The van der Waals surface area contributed by atoms with Crippen LogP contribution >= 0.6 is 32.9 Å². The molecule has 0 aliphatic rings. The van der Waals surface area contributed by atoms with Crippen LogP contribution in [0.4, 0.5) is 5.00 Å². The van der Waals surface area contributed by atoms with E-state index in [9.17, 15) is 0 Å². The van der Waals surface area contributed by atoms with E-state index in [2.05, 4.69) is 31.1 Å². The van der Waals surface area contributed by atoms with Gasteiger partial charge in [-0.3, -0.25) is 0 Å². The van der Waals surface area contributed by atoms with Crippen molar-refractivity contribution in [2.45, 2.75) is 0 Å². The molecule has 2 rings (SSSR count). The predicted molar refractivity (Wildman–Crippen MR) is 72.8 cm³/mol. The summed E-state index contributed by atoms with van der Waals surface area (Å²) in [6, 6.07) is 10.3. The average molecular weight is 253 g/mol. The number of hydrogen-bond acceptors (Lipinski definition) is 4. The van der Waals surface area contributed by atoms with E-state index in [0.29, 0.717) is 0 Å². The molecule has 0 unspecified atom stereocenters. The maximum absolute atomic E-state index is 5.38. The zero-order valence-electron chi connectivity index (χ0n) is 8.56. The quantitative estimate of drug-likeness (QED) is 0.581. The smallest absolute Gasteiger partial charge is 0.111 e. The van der Waals surface area contributed by atoms with Gasteiger partial charge in [-0.05, 0) is 5.56 Å². The molecule has 0 saturated heterocycles. The van der Waals surface area contributed by atoms with Crippen molar-refractivity contribution in [1.29, 1.82) is 0 Å². The summed E-state index contributed by atoms with van der Waals surface area (Å²) in [5.74, 6) is 0. The largest absolute Gasteiger partial charge is 0.368 e. The van der Waals surface area contributed by atoms with Crippen molar-refractivity contribution >= 4 is 37.9 Å². The molecular formula is C11H11NS3. The van der Waals surface area contributed by atoms with E-state index in [1.165, 1.54) is 16.1 Å². The topological polar surface area (TPSA) is 3.24 Å². The van der Waals surface area contributed by atoms with Crippen molar-refractivity contribution < 1.29 is 0 Å². The van der Waals surface area contributed by atoms with Crippen LogP contribution in [-0.4, -0.2) is 14.1 Å². The highest BCUT2D eigenvalue weighted by Gasteiger charge is 2.11. The first-order chi connectivity index (χ1) is 7.20. The number of rotatable bonds is 2. The lowest BCUT2D eigenvalue weighted by Gasteiger charge is -2.11. The van der Waals surface area contributed by atoms with Gasteiger partial charge in [0.1, 0.15) is 8.82 Å². The number of benzene rings is 1. The van der Waals surface area contributed by atoms with Crippen molar-refractivity contribution in [3.63, 3.8) is 0 Å². The van der Waals surface area contributed by atoms with E-state index in [4.69, 9.17) is 12.2 Å². The molecule has 0 radical (unpaired) electrons. The third-order valence-corrected chi connectivity index (χ3v) is 5.24. The van der Waals surface area contributed by atoms with E-state index < -0.39 is 0 Å². The Hall–Kier alpha value is -0.710. The molecule has 0 spiro atoms. The maximum Gasteiger partial charge on any atom is 0.111 e. The average Bonchev–Trinajstić information content (AvgIpc) is 2.61. The molecule has 2 aromatic rings. The minimum Gasteiger partial charge on any atom is -0.368 e. The van der Waals surface area contributed by atoms with E-state index in [-0.39, 0.29) is 0 Å². The lowest BCUT2D eigenvalue weighted by atomic mass is 10.1. The van der Waals surface area contributed by atoms with E-state index in [0.717, 1.165) is 3.82 Å². The standard InChI is InChI=1S/C11H11NS3/c1-12(2)10-9(11(13)15-14-10)8-6-4-3-5-7-8/h3-7H,1-2H3.